The zero-order chi connectivity index (χ0) is 20.4. The first kappa shape index (κ1) is 19.5. The van der Waals surface area contributed by atoms with Crippen LogP contribution in [-0.4, -0.2) is 46.4 Å². The van der Waals surface area contributed by atoms with Gasteiger partial charge >= 0.3 is 0 Å². The minimum Gasteiger partial charge on any atom is -0.360 e. The summed E-state index contributed by atoms with van der Waals surface area (Å²) >= 11 is 0. The summed E-state index contributed by atoms with van der Waals surface area (Å²) in [6.07, 6.45) is 0. The lowest BCUT2D eigenvalue weighted by molar-refractivity contribution is -0.927. The molecule has 0 unspecified atom stereocenters. The normalized spacial score (nSPS) is 16.8. The first-order valence-corrected chi connectivity index (χ1v) is 10.1. The van der Waals surface area contributed by atoms with Gasteiger partial charge in [0.05, 0.1) is 31.7 Å². The third-order valence-electron chi connectivity index (χ3n) is 5.53. The number of hydrogen-bond donors (Lipinski definition) is 1. The van der Waals surface area contributed by atoms with Gasteiger partial charge in [0.1, 0.15) is 5.82 Å². The summed E-state index contributed by atoms with van der Waals surface area (Å²) < 4.78 is 15.2. The summed E-state index contributed by atoms with van der Waals surface area (Å²) in [4.78, 5) is 3.76. The first-order valence-electron chi connectivity index (χ1n) is 10.1. The lowest BCUT2D eigenvalue weighted by Gasteiger charge is -2.37. The average molecular weight is 396 g/mol. The van der Waals surface area contributed by atoms with E-state index >= 15 is 0 Å². The highest BCUT2D eigenvalue weighted by Gasteiger charge is 2.36. The molecule has 1 N–H and O–H groups in total. The molecular formula is C22H28FN6+. The Morgan fingerprint density at radius 3 is 2.24 bits per heavy atom. The number of benzene rings is 2. The van der Waals surface area contributed by atoms with Gasteiger partial charge in [-0.2, -0.15) is 0 Å². The van der Waals surface area contributed by atoms with Gasteiger partial charge < -0.3 is 9.80 Å². The van der Waals surface area contributed by atoms with Crippen LogP contribution in [0.5, 0.6) is 0 Å². The number of halogens is 1. The zero-order valence-electron chi connectivity index (χ0n) is 17.2. The molecule has 3 aromatic rings. The Bertz CT molecular complexity index is 924. The van der Waals surface area contributed by atoms with Gasteiger partial charge in [0.15, 0.2) is 6.04 Å². The van der Waals surface area contributed by atoms with Crippen LogP contribution in [0.4, 0.5) is 10.1 Å². The molecular weight excluding hydrogens is 367 g/mol. The van der Waals surface area contributed by atoms with Crippen molar-refractivity contribution in [3.63, 3.8) is 0 Å². The van der Waals surface area contributed by atoms with E-state index < -0.39 is 0 Å². The predicted octanol–water partition coefficient (Wildman–Crippen LogP) is 2.06. The molecule has 0 saturated carbocycles. The summed E-state index contributed by atoms with van der Waals surface area (Å²) in [5, 5.41) is 12.7. The highest BCUT2D eigenvalue weighted by Crippen LogP contribution is 2.23. The zero-order valence-corrected chi connectivity index (χ0v) is 17.2. The summed E-state index contributed by atoms with van der Waals surface area (Å²) in [5.41, 5.74) is 2.10. The maximum atomic E-state index is 13.3. The molecule has 29 heavy (non-hydrogen) atoms. The van der Waals surface area contributed by atoms with E-state index in [0.29, 0.717) is 0 Å². The van der Waals surface area contributed by atoms with Crippen LogP contribution < -0.4 is 9.80 Å². The Kier molecular flexibility index (Phi) is 5.32. The molecule has 1 aliphatic rings. The van der Waals surface area contributed by atoms with E-state index in [9.17, 15) is 4.39 Å². The second kappa shape index (κ2) is 7.91. The van der Waals surface area contributed by atoms with Gasteiger partial charge in [-0.15, -0.1) is 5.10 Å². The Balaban J connectivity index is 1.60. The first-order chi connectivity index (χ1) is 13.9. The minimum absolute atomic E-state index is 0.0702. The van der Waals surface area contributed by atoms with Crippen molar-refractivity contribution in [1.29, 1.82) is 0 Å². The van der Waals surface area contributed by atoms with Crippen molar-refractivity contribution >= 4 is 5.69 Å². The van der Waals surface area contributed by atoms with Gasteiger partial charge in [0.25, 0.3) is 0 Å². The molecule has 0 amide bonds. The van der Waals surface area contributed by atoms with E-state index in [-0.39, 0.29) is 17.4 Å². The van der Waals surface area contributed by atoms with E-state index in [2.05, 4.69) is 65.5 Å². The fourth-order valence-corrected chi connectivity index (χ4v) is 4.06. The van der Waals surface area contributed by atoms with Gasteiger partial charge in [-0.1, -0.05) is 30.3 Å². The molecule has 1 saturated heterocycles. The summed E-state index contributed by atoms with van der Waals surface area (Å²) in [5.74, 6) is 0.699. The topological polar surface area (TPSA) is 51.3 Å². The molecule has 7 heteroatoms. The largest absolute Gasteiger partial charge is 0.360 e. The number of hydrogen-bond acceptors (Lipinski definition) is 4. The van der Waals surface area contributed by atoms with Crippen LogP contribution in [0.2, 0.25) is 0 Å². The van der Waals surface area contributed by atoms with Crippen molar-refractivity contribution in [3.8, 4) is 0 Å². The van der Waals surface area contributed by atoms with E-state index in [4.69, 9.17) is 0 Å². The van der Waals surface area contributed by atoms with E-state index in [0.717, 1.165) is 37.7 Å². The SMILES string of the molecule is CC(C)(C)n1nnnc1[C@@H](c1ccccc1)[NH+]1CCN(c2ccc(F)cc2)CC1. The lowest BCUT2D eigenvalue weighted by atomic mass is 10.0. The molecule has 152 valence electrons. The van der Waals surface area contributed by atoms with E-state index in [1.54, 1.807) is 0 Å². The number of aromatic nitrogens is 4. The Morgan fingerprint density at radius 1 is 0.966 bits per heavy atom. The molecule has 0 spiro atoms. The standard InChI is InChI=1S/C22H27FN6/c1-22(2,3)29-21(24-25-26-29)20(17-7-5-4-6-8-17)28-15-13-27(14-16-28)19-11-9-18(23)10-12-19/h4-12,20H,13-16H2,1-3H3/p+1/t20-/m1/s1. The van der Waals surface area contributed by atoms with Crippen molar-refractivity contribution < 1.29 is 9.29 Å². The average Bonchev–Trinajstić information content (AvgIpc) is 3.20. The number of quaternary nitrogens is 1. The van der Waals surface area contributed by atoms with Crippen LogP contribution in [0, 0.1) is 5.82 Å². The summed E-state index contributed by atoms with van der Waals surface area (Å²) in [6, 6.07) is 17.3. The molecule has 0 radical (unpaired) electrons. The van der Waals surface area contributed by atoms with Crippen LogP contribution in [0.15, 0.2) is 54.6 Å². The van der Waals surface area contributed by atoms with Crippen LogP contribution in [0.3, 0.4) is 0 Å². The van der Waals surface area contributed by atoms with Gasteiger partial charge in [0.2, 0.25) is 5.82 Å². The second-order valence-corrected chi connectivity index (χ2v) is 8.59. The van der Waals surface area contributed by atoms with Crippen molar-refractivity contribution in [2.45, 2.75) is 32.4 Å². The van der Waals surface area contributed by atoms with Crippen LogP contribution in [0.1, 0.15) is 38.2 Å². The number of piperazine rings is 1. The predicted molar refractivity (Wildman–Crippen MR) is 110 cm³/mol. The maximum Gasteiger partial charge on any atom is 0.214 e. The molecule has 1 fully saturated rings. The van der Waals surface area contributed by atoms with Gasteiger partial charge in [-0.05, 0) is 55.5 Å². The van der Waals surface area contributed by atoms with Gasteiger partial charge in [0, 0.05) is 11.3 Å². The molecule has 2 heterocycles. The molecule has 0 bridgehead atoms. The molecule has 2 aromatic carbocycles. The third kappa shape index (κ3) is 4.15. The Labute approximate surface area is 170 Å². The van der Waals surface area contributed by atoms with E-state index in [1.165, 1.54) is 22.6 Å². The number of rotatable bonds is 4. The maximum absolute atomic E-state index is 13.3. The second-order valence-electron chi connectivity index (χ2n) is 8.59. The van der Waals surface area contributed by atoms with Crippen LogP contribution in [0.25, 0.3) is 0 Å². The number of nitrogens with zero attached hydrogens (tertiary/aromatic N) is 5. The molecule has 1 aliphatic heterocycles. The molecule has 6 nitrogen and oxygen atoms in total. The molecule has 0 aliphatic carbocycles. The van der Waals surface area contributed by atoms with Crippen molar-refractivity contribution in [2.24, 2.45) is 0 Å². The van der Waals surface area contributed by atoms with E-state index in [1.807, 2.05) is 22.9 Å². The van der Waals surface area contributed by atoms with Crippen LogP contribution in [-0.2, 0) is 5.54 Å². The highest BCUT2D eigenvalue weighted by molar-refractivity contribution is 5.46. The fraction of sp³-hybridized carbons (Fsp3) is 0.409. The van der Waals surface area contributed by atoms with Crippen LogP contribution >= 0.6 is 0 Å². The number of nitrogens with one attached hydrogen (secondary N) is 1. The molecule has 1 atom stereocenters. The summed E-state index contributed by atoms with van der Waals surface area (Å²) in [7, 11) is 0. The monoisotopic (exact) mass is 395 g/mol. The minimum atomic E-state index is -0.198. The molecule has 1 aromatic heterocycles. The highest BCUT2D eigenvalue weighted by atomic mass is 19.1. The smallest absolute Gasteiger partial charge is 0.214 e. The van der Waals surface area contributed by atoms with Crippen molar-refractivity contribution in [1.82, 2.24) is 20.2 Å². The van der Waals surface area contributed by atoms with Crippen molar-refractivity contribution in [2.75, 3.05) is 31.1 Å². The number of anilines is 1. The summed E-state index contributed by atoms with van der Waals surface area (Å²) in [6.45, 7) is 10.1. The Hall–Kier alpha value is -2.80. The fourth-order valence-electron chi connectivity index (χ4n) is 4.06. The third-order valence-corrected chi connectivity index (χ3v) is 5.53. The molecule has 4 rings (SSSR count). The quantitative estimate of drug-likeness (QED) is 0.735. The van der Waals surface area contributed by atoms with Crippen molar-refractivity contribution in [3.05, 3.63) is 71.8 Å². The van der Waals surface area contributed by atoms with Gasteiger partial charge in [-0.25, -0.2) is 9.07 Å². The number of tetrazole rings is 1. The Morgan fingerprint density at radius 2 is 1.62 bits per heavy atom. The van der Waals surface area contributed by atoms with Gasteiger partial charge in [-0.3, -0.25) is 0 Å². The lowest BCUT2D eigenvalue weighted by Crippen LogP contribution is -3.15.